The van der Waals surface area contributed by atoms with Crippen LogP contribution in [0.25, 0.3) is 28.2 Å². The van der Waals surface area contributed by atoms with Gasteiger partial charge in [-0.15, -0.1) is 0 Å². The second kappa shape index (κ2) is 6.89. The van der Waals surface area contributed by atoms with Crippen molar-refractivity contribution >= 4 is 34.3 Å². The third-order valence-electron chi connectivity index (χ3n) is 5.90. The summed E-state index contributed by atoms with van der Waals surface area (Å²) in [7, 11) is 6.01. The van der Waals surface area contributed by atoms with E-state index in [0.717, 1.165) is 45.7 Å². The third kappa shape index (κ3) is 3.10. The summed E-state index contributed by atoms with van der Waals surface area (Å²) in [5, 5.41) is 3.95. The van der Waals surface area contributed by atoms with Gasteiger partial charge >= 0.3 is 0 Å². The Morgan fingerprint density at radius 1 is 1.23 bits per heavy atom. The fourth-order valence-electron chi connectivity index (χ4n) is 4.42. The summed E-state index contributed by atoms with van der Waals surface area (Å²) in [5.74, 6) is 0.912. The lowest BCUT2D eigenvalue weighted by molar-refractivity contribution is 0.0926. The summed E-state index contributed by atoms with van der Waals surface area (Å²) in [4.78, 5) is 17.3. The summed E-state index contributed by atoms with van der Waals surface area (Å²) in [6.07, 6.45) is 4.19. The van der Waals surface area contributed by atoms with Crippen molar-refractivity contribution in [2.75, 3.05) is 39.1 Å². The molecule has 0 radical (unpaired) electrons. The van der Waals surface area contributed by atoms with Crippen LogP contribution >= 0.6 is 0 Å². The highest BCUT2D eigenvalue weighted by molar-refractivity contribution is 6.19. The molecule has 0 bridgehead atoms. The van der Waals surface area contributed by atoms with Crippen LogP contribution in [0.15, 0.2) is 40.8 Å². The number of nitrogens with one attached hydrogen (secondary N) is 1. The number of hydrogen-bond acceptors (Lipinski definition) is 5. The zero-order chi connectivity index (χ0) is 21.9. The lowest BCUT2D eigenvalue weighted by Gasteiger charge is -2.34. The van der Waals surface area contributed by atoms with E-state index in [4.69, 9.17) is 9.15 Å². The van der Waals surface area contributed by atoms with Crippen molar-refractivity contribution in [1.82, 2.24) is 10.2 Å². The van der Waals surface area contributed by atoms with Crippen molar-refractivity contribution in [3.63, 3.8) is 0 Å². The molecule has 5 rings (SSSR count). The third-order valence-corrected chi connectivity index (χ3v) is 5.90. The van der Waals surface area contributed by atoms with Crippen LogP contribution in [-0.2, 0) is 0 Å². The van der Waals surface area contributed by atoms with Gasteiger partial charge in [0.15, 0.2) is 0 Å². The first-order valence-corrected chi connectivity index (χ1v) is 10.5. The monoisotopic (exact) mass is 417 g/mol. The van der Waals surface area contributed by atoms with Crippen molar-refractivity contribution in [3.8, 4) is 16.9 Å². The van der Waals surface area contributed by atoms with Crippen LogP contribution in [0.5, 0.6) is 5.75 Å². The smallest absolute Gasteiger partial charge is 0.287 e. The van der Waals surface area contributed by atoms with Crippen molar-refractivity contribution in [1.29, 1.82) is 0 Å². The normalized spacial score (nSPS) is 15.6. The van der Waals surface area contributed by atoms with Crippen LogP contribution in [0.3, 0.4) is 0 Å². The number of hydrogen-bond donors (Lipinski definition) is 1. The number of furan rings is 1. The Hall–Kier alpha value is -3.25. The predicted octanol–water partition coefficient (Wildman–Crippen LogP) is 4.66. The quantitative estimate of drug-likeness (QED) is 0.669. The van der Waals surface area contributed by atoms with Crippen LogP contribution < -0.4 is 15.0 Å². The van der Waals surface area contributed by atoms with Gasteiger partial charge in [0.1, 0.15) is 16.9 Å². The van der Waals surface area contributed by atoms with Gasteiger partial charge < -0.3 is 24.3 Å². The van der Waals surface area contributed by atoms with E-state index in [-0.39, 0.29) is 5.91 Å². The molecule has 0 unspecified atom stereocenters. The molecule has 2 aliphatic rings. The van der Waals surface area contributed by atoms with E-state index in [0.29, 0.717) is 17.9 Å². The second-order valence-corrected chi connectivity index (χ2v) is 8.99. The van der Waals surface area contributed by atoms with Gasteiger partial charge in [-0.2, -0.15) is 0 Å². The number of nitrogens with zero attached hydrogens (tertiary/aromatic N) is 2. The van der Waals surface area contributed by atoms with Gasteiger partial charge in [0.05, 0.1) is 11.1 Å². The zero-order valence-electron chi connectivity index (χ0n) is 18.6. The van der Waals surface area contributed by atoms with Gasteiger partial charge in [0.2, 0.25) is 5.76 Å². The maximum Gasteiger partial charge on any atom is 0.287 e. The molecule has 160 valence electrons. The van der Waals surface area contributed by atoms with Crippen molar-refractivity contribution in [2.45, 2.75) is 19.4 Å². The number of para-hydroxylation sites is 1. The summed E-state index contributed by atoms with van der Waals surface area (Å²) in [5.41, 5.74) is 5.15. The highest BCUT2D eigenvalue weighted by Gasteiger charge is 2.35. The second-order valence-electron chi connectivity index (χ2n) is 8.99. The summed E-state index contributed by atoms with van der Waals surface area (Å²) < 4.78 is 12.5. The molecular weight excluding hydrogens is 390 g/mol. The number of anilines is 2. The van der Waals surface area contributed by atoms with Crippen molar-refractivity contribution in [2.24, 2.45) is 0 Å². The Kier molecular flexibility index (Phi) is 4.38. The molecule has 0 atom stereocenters. The number of likely N-dealkylation sites (N-methyl/N-ethyl adjacent to an activating group) is 1. The molecule has 0 saturated carbocycles. The molecule has 1 aromatic heterocycles. The Bertz CT molecular complexity index is 1240. The standard InChI is InChI=1S/C25H27N3O3/c1-25(2)11-10-16-18(31-25)14-19-21-20(23(30-19)24(29)26-12-13-27(3)4)15-8-6-7-9-17(15)28(5)22(16)21/h6-11,14H,12-13H2,1-5H3,(H,26,29). The topological polar surface area (TPSA) is 58.0 Å². The molecule has 2 aliphatic heterocycles. The first-order chi connectivity index (χ1) is 14.8. The molecule has 31 heavy (non-hydrogen) atoms. The van der Waals surface area contributed by atoms with Gasteiger partial charge in [-0.05, 0) is 46.2 Å². The minimum absolute atomic E-state index is 0.201. The van der Waals surface area contributed by atoms with Crippen LogP contribution in [0.2, 0.25) is 0 Å². The molecule has 0 spiro atoms. The molecule has 1 N–H and O–H groups in total. The van der Waals surface area contributed by atoms with E-state index in [1.54, 1.807) is 0 Å². The molecule has 1 amide bonds. The Balaban J connectivity index is 1.74. The summed E-state index contributed by atoms with van der Waals surface area (Å²) in [6, 6.07) is 10.0. The minimum atomic E-state index is -0.402. The van der Waals surface area contributed by atoms with E-state index >= 15 is 0 Å². The van der Waals surface area contributed by atoms with Gasteiger partial charge in [0, 0.05) is 48.6 Å². The fourth-order valence-corrected chi connectivity index (χ4v) is 4.42. The van der Waals surface area contributed by atoms with Crippen LogP contribution in [0.4, 0.5) is 11.4 Å². The fraction of sp³-hybridized carbons (Fsp3) is 0.320. The number of ether oxygens (including phenoxy) is 1. The predicted molar refractivity (Wildman–Crippen MR) is 124 cm³/mol. The van der Waals surface area contributed by atoms with Gasteiger partial charge in [0.25, 0.3) is 5.91 Å². The molecule has 0 aliphatic carbocycles. The molecule has 3 heterocycles. The molecule has 0 saturated heterocycles. The molecule has 3 aromatic rings. The van der Waals surface area contributed by atoms with Gasteiger partial charge in [-0.3, -0.25) is 4.79 Å². The maximum absolute atomic E-state index is 13.1. The minimum Gasteiger partial charge on any atom is -0.483 e. The van der Waals surface area contributed by atoms with Gasteiger partial charge in [-0.1, -0.05) is 18.2 Å². The highest BCUT2D eigenvalue weighted by atomic mass is 16.5. The van der Waals surface area contributed by atoms with Crippen LogP contribution in [0, 0.1) is 0 Å². The molecule has 0 fully saturated rings. The number of fused-ring (bicyclic) bond motifs is 4. The molecule has 6 nitrogen and oxygen atoms in total. The maximum atomic E-state index is 13.1. The number of carbonyl (C=O) groups is 1. The molecule has 6 heteroatoms. The Morgan fingerprint density at radius 3 is 2.77 bits per heavy atom. The van der Waals surface area contributed by atoms with Gasteiger partial charge in [-0.25, -0.2) is 0 Å². The Labute approximate surface area is 182 Å². The average molecular weight is 418 g/mol. The average Bonchev–Trinajstić information content (AvgIpc) is 3.09. The van der Waals surface area contributed by atoms with Crippen LogP contribution in [0.1, 0.15) is 30.0 Å². The van der Waals surface area contributed by atoms with E-state index < -0.39 is 5.60 Å². The number of carbonyl (C=O) groups excluding carboxylic acids is 1. The summed E-state index contributed by atoms with van der Waals surface area (Å²) in [6.45, 7) is 5.36. The zero-order valence-corrected chi connectivity index (χ0v) is 18.6. The van der Waals surface area contributed by atoms with Crippen molar-refractivity contribution < 1.29 is 13.9 Å². The largest absolute Gasteiger partial charge is 0.483 e. The van der Waals surface area contributed by atoms with E-state index in [1.807, 2.05) is 64.2 Å². The summed E-state index contributed by atoms with van der Waals surface area (Å²) >= 11 is 0. The molecular formula is C25H27N3O3. The lowest BCUT2D eigenvalue weighted by atomic mass is 9.90. The SMILES string of the molecule is CN(C)CCNC(=O)c1oc2cc3c(c4c2c1-c1ccccc1N4C)C=CC(C)(C)O3. The number of amides is 1. The number of benzene rings is 2. The van der Waals surface area contributed by atoms with E-state index in [1.165, 1.54) is 0 Å². The Morgan fingerprint density at radius 2 is 2.00 bits per heavy atom. The van der Waals surface area contributed by atoms with E-state index in [9.17, 15) is 4.79 Å². The first-order valence-electron chi connectivity index (χ1n) is 10.5. The van der Waals surface area contributed by atoms with Crippen molar-refractivity contribution in [3.05, 3.63) is 47.7 Å². The highest BCUT2D eigenvalue weighted by Crippen LogP contribution is 2.54. The lowest BCUT2D eigenvalue weighted by Crippen LogP contribution is -2.31. The molecule has 2 aromatic carbocycles. The van der Waals surface area contributed by atoms with E-state index in [2.05, 4.69) is 28.4 Å². The van der Waals surface area contributed by atoms with Crippen LogP contribution in [-0.4, -0.2) is 50.6 Å². The first kappa shape index (κ1) is 19.7. The number of rotatable bonds is 4.